The highest BCUT2D eigenvalue weighted by atomic mass is 16.6. The summed E-state index contributed by atoms with van der Waals surface area (Å²) in [6.07, 6.45) is 1.86. The predicted molar refractivity (Wildman–Crippen MR) is 116 cm³/mol. The highest BCUT2D eigenvalue weighted by Gasteiger charge is 2.24. The summed E-state index contributed by atoms with van der Waals surface area (Å²) in [4.78, 5) is 11.7. The van der Waals surface area contributed by atoms with Gasteiger partial charge < -0.3 is 9.47 Å². The van der Waals surface area contributed by atoms with E-state index in [0.717, 1.165) is 12.8 Å². The SMILES string of the molecule is CCCCOc1cc(OC)ccc1-c1cccc(-c2ccc(C#N)cc2)c1[N+](=O)[O-]. The van der Waals surface area contributed by atoms with Gasteiger partial charge in [0.25, 0.3) is 5.69 Å². The molecule has 0 aromatic heterocycles. The molecular formula is C24H22N2O4. The van der Waals surface area contributed by atoms with Crippen molar-refractivity contribution in [1.82, 2.24) is 0 Å². The van der Waals surface area contributed by atoms with Crippen LogP contribution in [-0.4, -0.2) is 18.6 Å². The summed E-state index contributed by atoms with van der Waals surface area (Å²) < 4.78 is 11.3. The number of unbranched alkanes of at least 4 members (excludes halogenated alkanes) is 1. The summed E-state index contributed by atoms with van der Waals surface area (Å²) in [6, 6.07) is 19.3. The number of nitrogens with zero attached hydrogens (tertiary/aromatic N) is 2. The van der Waals surface area contributed by atoms with Gasteiger partial charge in [0.05, 0.1) is 41.4 Å². The molecule has 0 N–H and O–H groups in total. The Kier molecular flexibility index (Phi) is 6.66. The zero-order valence-corrected chi connectivity index (χ0v) is 16.9. The summed E-state index contributed by atoms with van der Waals surface area (Å²) in [5.41, 5.74) is 2.75. The number of para-hydroxylation sites is 1. The lowest BCUT2D eigenvalue weighted by Gasteiger charge is -2.15. The molecule has 0 amide bonds. The van der Waals surface area contributed by atoms with Gasteiger partial charge in [-0.2, -0.15) is 5.26 Å². The number of hydrogen-bond donors (Lipinski definition) is 0. The maximum absolute atomic E-state index is 12.1. The van der Waals surface area contributed by atoms with E-state index >= 15 is 0 Å². The average Bonchev–Trinajstić information content (AvgIpc) is 2.78. The first-order valence-corrected chi connectivity index (χ1v) is 9.68. The fourth-order valence-electron chi connectivity index (χ4n) is 3.21. The molecule has 0 aliphatic heterocycles. The van der Waals surface area contributed by atoms with Gasteiger partial charge in [-0.25, -0.2) is 0 Å². The van der Waals surface area contributed by atoms with E-state index in [1.54, 1.807) is 67.8 Å². The normalized spacial score (nSPS) is 10.3. The molecule has 0 aliphatic rings. The quantitative estimate of drug-likeness (QED) is 0.262. The second kappa shape index (κ2) is 9.57. The van der Waals surface area contributed by atoms with Crippen molar-refractivity contribution in [3.05, 3.63) is 76.3 Å². The molecule has 0 heterocycles. The second-order valence-corrected chi connectivity index (χ2v) is 6.71. The smallest absolute Gasteiger partial charge is 0.285 e. The summed E-state index contributed by atoms with van der Waals surface area (Å²) in [7, 11) is 1.57. The first-order chi connectivity index (χ1) is 14.6. The largest absolute Gasteiger partial charge is 0.497 e. The van der Waals surface area contributed by atoms with Crippen LogP contribution in [0.5, 0.6) is 11.5 Å². The Bertz CT molecular complexity index is 1090. The molecule has 6 heteroatoms. The van der Waals surface area contributed by atoms with Gasteiger partial charge in [-0.05, 0) is 48.4 Å². The minimum Gasteiger partial charge on any atom is -0.497 e. The molecular weight excluding hydrogens is 380 g/mol. The van der Waals surface area contributed by atoms with E-state index in [-0.39, 0.29) is 10.6 Å². The molecule has 3 aromatic rings. The lowest BCUT2D eigenvalue weighted by atomic mass is 9.95. The van der Waals surface area contributed by atoms with Crippen LogP contribution in [-0.2, 0) is 0 Å². The monoisotopic (exact) mass is 402 g/mol. The highest BCUT2D eigenvalue weighted by Crippen LogP contribution is 2.43. The van der Waals surface area contributed by atoms with Crippen LogP contribution in [0.1, 0.15) is 25.3 Å². The molecule has 0 saturated heterocycles. The number of rotatable bonds is 8. The molecule has 30 heavy (non-hydrogen) atoms. The number of benzene rings is 3. The highest BCUT2D eigenvalue weighted by molar-refractivity contribution is 5.88. The van der Waals surface area contributed by atoms with Crippen molar-refractivity contribution in [3.8, 4) is 39.8 Å². The van der Waals surface area contributed by atoms with E-state index in [4.69, 9.17) is 14.7 Å². The number of nitriles is 1. The zero-order valence-electron chi connectivity index (χ0n) is 16.9. The molecule has 152 valence electrons. The Morgan fingerprint density at radius 1 is 1.03 bits per heavy atom. The van der Waals surface area contributed by atoms with Crippen LogP contribution in [0.2, 0.25) is 0 Å². The molecule has 0 atom stereocenters. The molecule has 0 aliphatic carbocycles. The first-order valence-electron chi connectivity index (χ1n) is 9.68. The van der Waals surface area contributed by atoms with Crippen molar-refractivity contribution in [2.24, 2.45) is 0 Å². The Morgan fingerprint density at radius 3 is 2.40 bits per heavy atom. The first kappa shape index (κ1) is 20.9. The van der Waals surface area contributed by atoms with Gasteiger partial charge in [0.15, 0.2) is 0 Å². The third kappa shape index (κ3) is 4.41. The van der Waals surface area contributed by atoms with Crippen molar-refractivity contribution in [2.75, 3.05) is 13.7 Å². The number of nitro benzene ring substituents is 1. The number of nitro groups is 1. The van der Waals surface area contributed by atoms with Gasteiger partial charge in [0, 0.05) is 11.6 Å². The third-order valence-electron chi connectivity index (χ3n) is 4.78. The maximum atomic E-state index is 12.1. The maximum Gasteiger partial charge on any atom is 0.285 e. The Hall–Kier alpha value is -3.85. The minimum atomic E-state index is -0.372. The summed E-state index contributed by atoms with van der Waals surface area (Å²) in [5.74, 6) is 1.17. The predicted octanol–water partition coefficient (Wildman–Crippen LogP) is 5.99. The van der Waals surface area contributed by atoms with Gasteiger partial charge in [0.1, 0.15) is 11.5 Å². The van der Waals surface area contributed by atoms with Crippen LogP contribution in [0.25, 0.3) is 22.3 Å². The van der Waals surface area contributed by atoms with Crippen LogP contribution in [0, 0.1) is 21.4 Å². The van der Waals surface area contributed by atoms with Gasteiger partial charge >= 0.3 is 0 Å². The topological polar surface area (TPSA) is 85.4 Å². The Morgan fingerprint density at radius 2 is 1.77 bits per heavy atom. The molecule has 6 nitrogen and oxygen atoms in total. The molecule has 0 bridgehead atoms. The fourth-order valence-corrected chi connectivity index (χ4v) is 3.21. The van der Waals surface area contributed by atoms with E-state index in [0.29, 0.717) is 45.9 Å². The van der Waals surface area contributed by atoms with Crippen molar-refractivity contribution in [2.45, 2.75) is 19.8 Å². The Balaban J connectivity index is 2.16. The summed E-state index contributed by atoms with van der Waals surface area (Å²) in [6.45, 7) is 2.58. The van der Waals surface area contributed by atoms with Crippen LogP contribution in [0.3, 0.4) is 0 Å². The third-order valence-corrected chi connectivity index (χ3v) is 4.78. The van der Waals surface area contributed by atoms with Crippen LogP contribution >= 0.6 is 0 Å². The minimum absolute atomic E-state index is 0.00674. The fraction of sp³-hybridized carbons (Fsp3) is 0.208. The van der Waals surface area contributed by atoms with Crippen molar-refractivity contribution in [1.29, 1.82) is 5.26 Å². The molecule has 3 aromatic carbocycles. The van der Waals surface area contributed by atoms with E-state index in [1.807, 2.05) is 0 Å². The van der Waals surface area contributed by atoms with E-state index in [2.05, 4.69) is 13.0 Å². The second-order valence-electron chi connectivity index (χ2n) is 6.71. The van der Waals surface area contributed by atoms with Crippen LogP contribution in [0.15, 0.2) is 60.7 Å². The van der Waals surface area contributed by atoms with Crippen molar-refractivity contribution < 1.29 is 14.4 Å². The molecule has 0 fully saturated rings. The number of hydrogen-bond acceptors (Lipinski definition) is 5. The van der Waals surface area contributed by atoms with Crippen molar-refractivity contribution >= 4 is 5.69 Å². The zero-order chi connectivity index (χ0) is 21.5. The summed E-state index contributed by atoms with van der Waals surface area (Å²) >= 11 is 0. The molecule has 0 spiro atoms. The van der Waals surface area contributed by atoms with E-state index in [9.17, 15) is 10.1 Å². The molecule has 0 saturated carbocycles. The number of ether oxygens (including phenoxy) is 2. The Labute approximate surface area is 175 Å². The lowest BCUT2D eigenvalue weighted by molar-refractivity contribution is -0.383. The average molecular weight is 402 g/mol. The van der Waals surface area contributed by atoms with E-state index in [1.165, 1.54) is 0 Å². The molecule has 0 unspecified atom stereocenters. The van der Waals surface area contributed by atoms with Crippen LogP contribution in [0.4, 0.5) is 5.69 Å². The van der Waals surface area contributed by atoms with Gasteiger partial charge in [0.2, 0.25) is 0 Å². The molecule has 3 rings (SSSR count). The van der Waals surface area contributed by atoms with Crippen LogP contribution < -0.4 is 9.47 Å². The lowest BCUT2D eigenvalue weighted by Crippen LogP contribution is -2.01. The van der Waals surface area contributed by atoms with Gasteiger partial charge in [-0.1, -0.05) is 31.5 Å². The van der Waals surface area contributed by atoms with Gasteiger partial charge in [-0.3, -0.25) is 10.1 Å². The molecule has 0 radical (unpaired) electrons. The van der Waals surface area contributed by atoms with Crippen molar-refractivity contribution in [3.63, 3.8) is 0 Å². The van der Waals surface area contributed by atoms with E-state index < -0.39 is 0 Å². The number of methoxy groups -OCH3 is 1. The van der Waals surface area contributed by atoms with Gasteiger partial charge in [-0.15, -0.1) is 0 Å². The summed E-state index contributed by atoms with van der Waals surface area (Å²) in [5, 5.41) is 21.1. The standard InChI is InChI=1S/C24H22N2O4/c1-3-4-14-30-23-15-19(29-2)12-13-21(23)22-7-5-6-20(24(22)26(27)28)18-10-8-17(16-25)9-11-18/h5-13,15H,3-4,14H2,1-2H3.